The largest absolute Gasteiger partial charge is 0.496 e. The number of carbonyl (C=O) groups excluding carboxylic acids is 1. The van der Waals surface area contributed by atoms with E-state index in [1.807, 2.05) is 30.3 Å². The quantitative estimate of drug-likeness (QED) is 0.549. The van der Waals surface area contributed by atoms with E-state index in [0.29, 0.717) is 5.69 Å². The van der Waals surface area contributed by atoms with Gasteiger partial charge in [-0.3, -0.25) is 14.7 Å². The van der Waals surface area contributed by atoms with E-state index >= 15 is 0 Å². The van der Waals surface area contributed by atoms with Crippen LogP contribution in [0.4, 0.5) is 0 Å². The van der Waals surface area contributed by atoms with E-state index in [4.69, 9.17) is 4.74 Å². The summed E-state index contributed by atoms with van der Waals surface area (Å²) in [7, 11) is 1.60. The van der Waals surface area contributed by atoms with Crippen LogP contribution < -0.4 is 15.7 Å². The number of nitrogens with zero attached hydrogens (tertiary/aromatic N) is 1. The van der Waals surface area contributed by atoms with Gasteiger partial charge in [-0.2, -0.15) is 5.10 Å². The van der Waals surface area contributed by atoms with Gasteiger partial charge >= 0.3 is 0 Å². The summed E-state index contributed by atoms with van der Waals surface area (Å²) in [5, 5.41) is 8.74. The summed E-state index contributed by atoms with van der Waals surface area (Å²) < 4.78 is 5.21. The molecule has 1 aromatic heterocycles. The minimum Gasteiger partial charge on any atom is -0.496 e. The first-order valence-electron chi connectivity index (χ1n) is 6.57. The molecular formula is C15H16N4O3. The number of benzene rings is 1. The van der Waals surface area contributed by atoms with Crippen LogP contribution in [-0.4, -0.2) is 29.4 Å². The van der Waals surface area contributed by atoms with Crippen molar-refractivity contribution >= 4 is 18.2 Å². The second-order valence-electron chi connectivity index (χ2n) is 4.37. The molecule has 0 aliphatic carbocycles. The summed E-state index contributed by atoms with van der Waals surface area (Å²) in [5.41, 5.74) is 3.51. The van der Waals surface area contributed by atoms with E-state index in [1.165, 1.54) is 12.3 Å². The molecule has 0 aliphatic heterocycles. The molecular weight excluding hydrogens is 284 g/mol. The highest BCUT2D eigenvalue weighted by atomic mass is 16.5. The summed E-state index contributed by atoms with van der Waals surface area (Å²) in [4.78, 5) is 22.4. The van der Waals surface area contributed by atoms with E-state index in [2.05, 4.69) is 20.7 Å². The minimum atomic E-state index is -0.322. The number of allylic oxidation sites excluding steroid dienone is 1. The molecule has 0 fully saturated rings. The summed E-state index contributed by atoms with van der Waals surface area (Å²) in [6.07, 6.45) is 5.02. The number of methoxy groups -OCH3 is 1. The smallest absolute Gasteiger partial charge is 0.264 e. The number of carbonyl (C=O) groups is 1. The van der Waals surface area contributed by atoms with Crippen molar-refractivity contribution in [1.82, 2.24) is 15.6 Å². The molecule has 0 aliphatic rings. The number of ether oxygens (including phenoxy) is 1. The SMILES string of the molecule is COc1ccccc1C=CC=NNC(=O)Cc1cc(=O)[nH][nH]1. The Balaban J connectivity index is 1.83. The Morgan fingerprint density at radius 1 is 1.36 bits per heavy atom. The number of H-pyrrole nitrogens is 2. The Kier molecular flexibility index (Phi) is 5.31. The fraction of sp³-hybridized carbons (Fsp3) is 0.133. The lowest BCUT2D eigenvalue weighted by molar-refractivity contribution is -0.120. The predicted octanol–water partition coefficient (Wildman–Crippen LogP) is 1.07. The third kappa shape index (κ3) is 4.48. The molecule has 2 rings (SSSR count). The Morgan fingerprint density at radius 2 is 2.18 bits per heavy atom. The summed E-state index contributed by atoms with van der Waals surface area (Å²) >= 11 is 0. The lowest BCUT2D eigenvalue weighted by Gasteiger charge is -2.02. The van der Waals surface area contributed by atoms with Gasteiger partial charge in [0, 0.05) is 23.5 Å². The highest BCUT2D eigenvalue weighted by molar-refractivity contribution is 5.82. The molecule has 7 heteroatoms. The van der Waals surface area contributed by atoms with Gasteiger partial charge in [0.1, 0.15) is 5.75 Å². The van der Waals surface area contributed by atoms with Gasteiger partial charge in [-0.25, -0.2) is 5.43 Å². The number of hydrogen-bond acceptors (Lipinski definition) is 4. The second kappa shape index (κ2) is 7.63. The molecule has 0 saturated carbocycles. The second-order valence-corrected chi connectivity index (χ2v) is 4.37. The Morgan fingerprint density at radius 3 is 2.91 bits per heavy atom. The maximum Gasteiger partial charge on any atom is 0.264 e. The van der Waals surface area contributed by atoms with Crippen LogP contribution in [0.2, 0.25) is 0 Å². The van der Waals surface area contributed by atoms with Crippen LogP contribution in [0.15, 0.2) is 46.3 Å². The van der Waals surface area contributed by atoms with Crippen LogP contribution in [0.3, 0.4) is 0 Å². The maximum absolute atomic E-state index is 11.6. The molecule has 7 nitrogen and oxygen atoms in total. The molecule has 2 aromatic rings. The zero-order valence-electron chi connectivity index (χ0n) is 12.0. The van der Waals surface area contributed by atoms with Gasteiger partial charge in [-0.05, 0) is 18.2 Å². The Bertz CT molecular complexity index is 743. The monoisotopic (exact) mass is 300 g/mol. The molecule has 1 aromatic carbocycles. The van der Waals surface area contributed by atoms with Crippen molar-refractivity contribution in [2.45, 2.75) is 6.42 Å². The van der Waals surface area contributed by atoms with Crippen LogP contribution >= 0.6 is 0 Å². The number of rotatable bonds is 6. The minimum absolute atomic E-state index is 0.0479. The molecule has 114 valence electrons. The average Bonchev–Trinajstić information content (AvgIpc) is 2.92. The van der Waals surface area contributed by atoms with E-state index in [1.54, 1.807) is 13.2 Å². The van der Waals surface area contributed by atoms with Gasteiger partial charge in [-0.15, -0.1) is 0 Å². The zero-order valence-corrected chi connectivity index (χ0v) is 12.0. The number of aromatic amines is 2. The van der Waals surface area contributed by atoms with Crippen LogP contribution in [0.25, 0.3) is 6.08 Å². The van der Waals surface area contributed by atoms with Crippen LogP contribution in [0.1, 0.15) is 11.3 Å². The normalized spacial score (nSPS) is 11.1. The summed E-state index contributed by atoms with van der Waals surface area (Å²) in [5.74, 6) is 0.435. The molecule has 0 spiro atoms. The molecule has 22 heavy (non-hydrogen) atoms. The molecule has 1 amide bonds. The van der Waals surface area contributed by atoms with E-state index in [0.717, 1.165) is 11.3 Å². The highest BCUT2D eigenvalue weighted by Crippen LogP contribution is 2.18. The molecule has 0 saturated heterocycles. The van der Waals surface area contributed by atoms with E-state index in [-0.39, 0.29) is 17.9 Å². The number of amides is 1. The lowest BCUT2D eigenvalue weighted by Crippen LogP contribution is -2.19. The van der Waals surface area contributed by atoms with Crippen LogP contribution in [0.5, 0.6) is 5.75 Å². The van der Waals surface area contributed by atoms with Gasteiger partial charge in [0.15, 0.2) is 0 Å². The van der Waals surface area contributed by atoms with Gasteiger partial charge in [0.25, 0.3) is 5.56 Å². The van der Waals surface area contributed by atoms with Crippen molar-refractivity contribution in [2.75, 3.05) is 7.11 Å². The molecule has 0 unspecified atom stereocenters. The number of hydrogen-bond donors (Lipinski definition) is 3. The first-order valence-corrected chi connectivity index (χ1v) is 6.57. The van der Waals surface area contributed by atoms with Gasteiger partial charge in [0.2, 0.25) is 5.91 Å². The number of aromatic nitrogens is 2. The number of hydrazone groups is 1. The van der Waals surface area contributed by atoms with E-state index < -0.39 is 0 Å². The Hall–Kier alpha value is -3.09. The summed E-state index contributed by atoms with van der Waals surface area (Å²) in [6.45, 7) is 0. The van der Waals surface area contributed by atoms with E-state index in [9.17, 15) is 9.59 Å². The standard InChI is InChI=1S/C15H16N4O3/c1-22-13-7-3-2-5-11(13)6-4-8-16-18-14(20)9-12-10-15(21)19-17-12/h2-8,10H,9H2,1H3,(H,18,20)(H2,17,19,21). The summed E-state index contributed by atoms with van der Waals surface area (Å²) in [6, 6.07) is 8.87. The van der Waals surface area contributed by atoms with Crippen molar-refractivity contribution < 1.29 is 9.53 Å². The van der Waals surface area contributed by atoms with Crippen LogP contribution in [-0.2, 0) is 11.2 Å². The molecule has 0 radical (unpaired) electrons. The van der Waals surface area contributed by atoms with Gasteiger partial charge < -0.3 is 9.84 Å². The zero-order chi connectivity index (χ0) is 15.8. The molecule has 0 bridgehead atoms. The third-order valence-electron chi connectivity index (χ3n) is 2.77. The highest BCUT2D eigenvalue weighted by Gasteiger charge is 2.03. The fourth-order valence-electron chi connectivity index (χ4n) is 1.78. The first kappa shape index (κ1) is 15.3. The third-order valence-corrected chi connectivity index (χ3v) is 2.77. The fourth-order valence-corrected chi connectivity index (χ4v) is 1.78. The van der Waals surface area contributed by atoms with Crippen molar-refractivity contribution in [3.63, 3.8) is 0 Å². The molecule has 1 heterocycles. The molecule has 0 atom stereocenters. The van der Waals surface area contributed by atoms with Gasteiger partial charge in [-0.1, -0.05) is 18.2 Å². The number of nitrogens with one attached hydrogen (secondary N) is 3. The average molecular weight is 300 g/mol. The maximum atomic E-state index is 11.6. The molecule has 3 N–H and O–H groups in total. The first-order chi connectivity index (χ1) is 10.7. The topological polar surface area (TPSA) is 99.3 Å². The number of para-hydroxylation sites is 1. The van der Waals surface area contributed by atoms with Crippen molar-refractivity contribution in [1.29, 1.82) is 0 Å². The Labute approximate surface area is 126 Å². The predicted molar refractivity (Wildman–Crippen MR) is 83.8 cm³/mol. The van der Waals surface area contributed by atoms with Crippen molar-refractivity contribution in [2.24, 2.45) is 5.10 Å². The van der Waals surface area contributed by atoms with Gasteiger partial charge in [0.05, 0.1) is 13.5 Å². The van der Waals surface area contributed by atoms with Crippen molar-refractivity contribution in [3.8, 4) is 5.75 Å². The lowest BCUT2D eigenvalue weighted by atomic mass is 10.2. The van der Waals surface area contributed by atoms with Crippen LogP contribution in [0, 0.1) is 0 Å². The van der Waals surface area contributed by atoms with Crippen molar-refractivity contribution in [3.05, 3.63) is 58.0 Å².